The van der Waals surface area contributed by atoms with E-state index in [2.05, 4.69) is 41.9 Å². The molecule has 0 saturated carbocycles. The zero-order valence-corrected chi connectivity index (χ0v) is 40.5. The Hall–Kier alpha value is -4.80. The highest BCUT2D eigenvalue weighted by atomic mass is 33.1. The number of allylic oxidation sites excluding steroid dienone is 2. The van der Waals surface area contributed by atoms with E-state index in [1.165, 1.54) is 50.4 Å². The average molecular weight is 963 g/mol. The van der Waals surface area contributed by atoms with Crippen LogP contribution in [0.4, 0.5) is 0 Å². The van der Waals surface area contributed by atoms with Gasteiger partial charge in [-0.3, -0.25) is 28.8 Å². The quantitative estimate of drug-likeness (QED) is 0.0813. The largest absolute Gasteiger partial charge is 0.456 e. The Morgan fingerprint density at radius 2 is 1.03 bits per heavy atom. The van der Waals surface area contributed by atoms with Crippen molar-refractivity contribution in [3.8, 4) is 0 Å². The summed E-state index contributed by atoms with van der Waals surface area (Å²) in [5.74, 6) is -3.86. The standard InChI is InChI=1S/C42H58N8O10S4/c1-23(2)33-37(55)59-25(17-29(51)43-19-31-45-27(21-61-31)35(53)49-41(5,6)39(57)47-33)13-9-11-15-63-64-16-12-10-14-26-18-30(52)44-20-32-46-28(22-62-32)36(54)50-42(7,8)40(58)48-34(24(3)4)38(56)60-26/h9-10,13-14,21-26,33-34H,11-12,15-20H2,1-8H3,(H,43,51)(H,44,52)(H,47,57)(H,48,58)(H,49,53)(H,50,54)/b13-9+,14-10+/t25-,26-,33+,34+/m1/s1. The summed E-state index contributed by atoms with van der Waals surface area (Å²) in [5, 5.41) is 20.3. The van der Waals surface area contributed by atoms with Gasteiger partial charge in [0.05, 0.1) is 25.9 Å². The van der Waals surface area contributed by atoms with Crippen LogP contribution in [0.2, 0.25) is 0 Å². The Bertz CT molecular complexity index is 1940. The van der Waals surface area contributed by atoms with Gasteiger partial charge in [0.15, 0.2) is 0 Å². The molecule has 4 atom stereocenters. The first-order valence-corrected chi connectivity index (χ1v) is 25.1. The second-order valence-electron chi connectivity index (χ2n) is 16.8. The smallest absolute Gasteiger partial charge is 0.329 e. The highest BCUT2D eigenvalue weighted by Gasteiger charge is 2.38. The summed E-state index contributed by atoms with van der Waals surface area (Å²) in [6, 6.07) is -2.10. The van der Waals surface area contributed by atoms with Crippen molar-refractivity contribution in [2.75, 3.05) is 11.5 Å². The minimum Gasteiger partial charge on any atom is -0.456 e. The summed E-state index contributed by atoms with van der Waals surface area (Å²) in [4.78, 5) is 114. The summed E-state index contributed by atoms with van der Waals surface area (Å²) in [6.45, 7) is 13.2. The number of esters is 2. The van der Waals surface area contributed by atoms with Crippen LogP contribution in [0.15, 0.2) is 35.1 Å². The summed E-state index contributed by atoms with van der Waals surface area (Å²) in [7, 11) is 3.22. The number of carbonyl (C=O) groups excluding carboxylic acids is 8. The molecule has 64 heavy (non-hydrogen) atoms. The summed E-state index contributed by atoms with van der Waals surface area (Å²) in [5.41, 5.74) is -2.53. The maximum absolute atomic E-state index is 13.4. The first kappa shape index (κ1) is 51.8. The third-order valence-corrected chi connectivity index (χ3v) is 13.8. The monoisotopic (exact) mass is 962 g/mol. The van der Waals surface area contributed by atoms with Crippen LogP contribution >= 0.6 is 44.3 Å². The van der Waals surface area contributed by atoms with E-state index < -0.39 is 82.8 Å². The van der Waals surface area contributed by atoms with E-state index >= 15 is 0 Å². The molecule has 0 aliphatic carbocycles. The summed E-state index contributed by atoms with van der Waals surface area (Å²) >= 11 is 2.38. The molecule has 0 saturated heterocycles. The SMILES string of the molecule is CC(C)[C@@H]1NC(=O)C(C)(C)NC(=O)c2csc(n2)CNC(=O)C[C@@H](/C=C/CCSSCC/C=C/[C@@H]2CC(=O)NCc3nc(cs3)C(=O)NC(C)(C)C(=O)N[C@@H](C(C)C)C(=O)O2)OC1=O. The fraction of sp³-hybridized carbons (Fsp3) is 0.571. The fourth-order valence-corrected chi connectivity index (χ4v) is 9.30. The molecule has 350 valence electrons. The Morgan fingerprint density at radius 3 is 1.39 bits per heavy atom. The fourth-order valence-electron chi connectivity index (χ4n) is 5.89. The molecule has 4 rings (SSSR count). The van der Waals surface area contributed by atoms with Crippen LogP contribution in [0.25, 0.3) is 0 Å². The van der Waals surface area contributed by atoms with Crippen molar-refractivity contribution in [2.24, 2.45) is 11.8 Å². The number of nitrogens with one attached hydrogen (secondary N) is 6. The van der Waals surface area contributed by atoms with Crippen LogP contribution in [0.1, 0.15) is 112 Å². The molecule has 18 nitrogen and oxygen atoms in total. The van der Waals surface area contributed by atoms with Crippen LogP contribution in [0, 0.1) is 11.8 Å². The maximum atomic E-state index is 13.4. The number of amides is 6. The molecular weight excluding hydrogens is 905 g/mol. The third kappa shape index (κ3) is 16.0. The Balaban J connectivity index is 1.33. The lowest BCUT2D eigenvalue weighted by Crippen LogP contribution is -2.59. The van der Waals surface area contributed by atoms with Crippen molar-refractivity contribution in [2.45, 2.75) is 130 Å². The molecule has 2 aliphatic rings. The van der Waals surface area contributed by atoms with Gasteiger partial charge in [0.2, 0.25) is 23.6 Å². The molecule has 2 aliphatic heterocycles. The molecule has 0 fully saturated rings. The van der Waals surface area contributed by atoms with E-state index in [0.29, 0.717) is 34.4 Å². The van der Waals surface area contributed by atoms with Crippen molar-refractivity contribution < 1.29 is 47.8 Å². The lowest BCUT2D eigenvalue weighted by atomic mass is 9.99. The van der Waals surface area contributed by atoms with Gasteiger partial charge in [-0.2, -0.15) is 0 Å². The number of hydrogen-bond acceptors (Lipinski definition) is 16. The zero-order valence-electron chi connectivity index (χ0n) is 37.2. The predicted molar refractivity (Wildman–Crippen MR) is 246 cm³/mol. The van der Waals surface area contributed by atoms with Gasteiger partial charge in [0.1, 0.15) is 56.8 Å². The first-order valence-electron chi connectivity index (χ1n) is 20.8. The molecular formula is C42H58N8O10S4. The Morgan fingerprint density at radius 1 is 0.656 bits per heavy atom. The van der Waals surface area contributed by atoms with E-state index in [-0.39, 0.29) is 49.2 Å². The molecule has 6 amide bonds. The van der Waals surface area contributed by atoms with Gasteiger partial charge in [-0.1, -0.05) is 61.4 Å². The number of thiazole rings is 2. The second-order valence-corrected chi connectivity index (χ2v) is 21.4. The van der Waals surface area contributed by atoms with Gasteiger partial charge in [-0.15, -0.1) is 22.7 Å². The highest BCUT2D eigenvalue weighted by molar-refractivity contribution is 8.76. The zero-order chi connectivity index (χ0) is 47.2. The summed E-state index contributed by atoms with van der Waals surface area (Å²) < 4.78 is 11.6. The lowest BCUT2D eigenvalue weighted by molar-refractivity contribution is -0.154. The number of carbonyl (C=O) groups is 8. The van der Waals surface area contributed by atoms with Crippen LogP contribution in [0.3, 0.4) is 0 Å². The van der Waals surface area contributed by atoms with E-state index in [9.17, 15) is 38.4 Å². The van der Waals surface area contributed by atoms with Gasteiger partial charge in [-0.25, -0.2) is 19.6 Å². The highest BCUT2D eigenvalue weighted by Crippen LogP contribution is 2.24. The molecule has 0 unspecified atom stereocenters. The van der Waals surface area contributed by atoms with Crippen molar-refractivity contribution in [3.05, 3.63) is 56.5 Å². The van der Waals surface area contributed by atoms with Crippen LogP contribution in [-0.4, -0.2) is 104 Å². The number of hydrogen-bond donors (Lipinski definition) is 6. The minimum atomic E-state index is -1.38. The van der Waals surface area contributed by atoms with Crippen molar-refractivity contribution in [1.82, 2.24) is 41.9 Å². The van der Waals surface area contributed by atoms with Crippen molar-refractivity contribution >= 4 is 91.6 Å². The molecule has 2 aromatic rings. The third-order valence-electron chi connectivity index (χ3n) is 9.67. The molecule has 22 heteroatoms. The van der Waals surface area contributed by atoms with E-state index in [0.717, 1.165) is 0 Å². The number of ether oxygens (including phenoxy) is 2. The van der Waals surface area contributed by atoms with E-state index in [1.54, 1.807) is 72.2 Å². The minimum absolute atomic E-state index is 0.0676. The van der Waals surface area contributed by atoms with Crippen LogP contribution in [0.5, 0.6) is 0 Å². The Kier molecular flexibility index (Phi) is 19.4. The number of rotatable bonds is 11. The van der Waals surface area contributed by atoms with E-state index in [1.807, 2.05) is 12.2 Å². The molecule has 0 radical (unpaired) electrons. The number of fused-ring (bicyclic) bond motifs is 4. The molecule has 6 N–H and O–H groups in total. The lowest BCUT2D eigenvalue weighted by Gasteiger charge is -2.29. The predicted octanol–water partition coefficient (Wildman–Crippen LogP) is 3.74. The second kappa shape index (κ2) is 23.9. The van der Waals surface area contributed by atoms with Crippen molar-refractivity contribution in [1.29, 1.82) is 0 Å². The molecule has 2 aromatic heterocycles. The van der Waals surface area contributed by atoms with Crippen LogP contribution in [-0.2, 0) is 51.3 Å². The molecule has 4 heterocycles. The van der Waals surface area contributed by atoms with Crippen molar-refractivity contribution in [3.63, 3.8) is 0 Å². The van der Waals surface area contributed by atoms with Gasteiger partial charge >= 0.3 is 11.9 Å². The number of aromatic nitrogens is 2. The van der Waals surface area contributed by atoms with Gasteiger partial charge in [0, 0.05) is 22.3 Å². The Labute approximate surface area is 388 Å². The molecule has 0 spiro atoms. The van der Waals surface area contributed by atoms with Gasteiger partial charge < -0.3 is 41.4 Å². The first-order chi connectivity index (χ1) is 30.1. The van der Waals surface area contributed by atoms with E-state index in [4.69, 9.17) is 9.47 Å². The van der Waals surface area contributed by atoms with Gasteiger partial charge in [0.25, 0.3) is 11.8 Å². The average Bonchev–Trinajstić information content (AvgIpc) is 3.90. The van der Waals surface area contributed by atoms with Gasteiger partial charge in [-0.05, 0) is 64.5 Å². The normalized spacial score (nSPS) is 23.2. The molecule has 4 bridgehead atoms. The maximum Gasteiger partial charge on any atom is 0.329 e. The summed E-state index contributed by atoms with van der Waals surface area (Å²) in [6.07, 6.45) is 5.99. The topological polar surface area (TPSA) is 253 Å². The van der Waals surface area contributed by atoms with Crippen LogP contribution < -0.4 is 31.9 Å². The number of cyclic esters (lactones) is 2. The molecule has 0 aromatic carbocycles. The number of nitrogens with zero attached hydrogens (tertiary/aromatic N) is 2.